The lowest BCUT2D eigenvalue weighted by Crippen LogP contribution is -2.68. The van der Waals surface area contributed by atoms with Gasteiger partial charge in [-0.05, 0) is 52.1 Å². The van der Waals surface area contributed by atoms with E-state index in [4.69, 9.17) is 15.2 Å². The first kappa shape index (κ1) is 19.8. The van der Waals surface area contributed by atoms with Crippen molar-refractivity contribution < 1.29 is 14.3 Å². The van der Waals surface area contributed by atoms with Crippen molar-refractivity contribution in [1.29, 1.82) is 0 Å². The first-order valence-corrected chi connectivity index (χ1v) is 9.90. The van der Waals surface area contributed by atoms with Gasteiger partial charge in [-0.3, -0.25) is 10.6 Å². The highest BCUT2D eigenvalue weighted by atomic mass is 16.6. The molecule has 3 aliphatic rings. The molecule has 0 aromatic carbocycles. The third kappa shape index (κ3) is 5.77. The molecule has 1 saturated carbocycles. The number of nitrogens with one attached hydrogen (secondary N) is 5. The van der Waals surface area contributed by atoms with Gasteiger partial charge in [-0.2, -0.15) is 0 Å². The van der Waals surface area contributed by atoms with Gasteiger partial charge in [-0.25, -0.2) is 4.79 Å². The lowest BCUT2D eigenvalue weighted by atomic mass is 9.90. The van der Waals surface area contributed by atoms with Crippen LogP contribution in [0.4, 0.5) is 4.79 Å². The van der Waals surface area contributed by atoms with Crippen molar-refractivity contribution in [1.82, 2.24) is 26.6 Å². The van der Waals surface area contributed by atoms with Crippen LogP contribution >= 0.6 is 0 Å². The summed E-state index contributed by atoms with van der Waals surface area (Å²) >= 11 is 0. The number of ether oxygens (including phenoxy) is 2. The number of rotatable bonds is 6. The first-order valence-electron chi connectivity index (χ1n) is 9.90. The van der Waals surface area contributed by atoms with Crippen molar-refractivity contribution in [3.63, 3.8) is 0 Å². The normalized spacial score (nSPS) is 37.6. The van der Waals surface area contributed by atoms with Gasteiger partial charge in [0, 0.05) is 12.1 Å². The maximum absolute atomic E-state index is 12.4. The van der Waals surface area contributed by atoms with Crippen LogP contribution in [0.25, 0.3) is 0 Å². The summed E-state index contributed by atoms with van der Waals surface area (Å²) in [6.45, 7) is 4.98. The van der Waals surface area contributed by atoms with Crippen LogP contribution in [0.5, 0.6) is 0 Å². The van der Waals surface area contributed by atoms with Crippen LogP contribution in [0.1, 0.15) is 39.0 Å². The van der Waals surface area contributed by atoms with Crippen LogP contribution < -0.4 is 32.3 Å². The minimum absolute atomic E-state index is 0.102. The highest BCUT2D eigenvalue weighted by Crippen LogP contribution is 2.26. The summed E-state index contributed by atoms with van der Waals surface area (Å²) in [7, 11) is 0. The van der Waals surface area contributed by atoms with Crippen LogP contribution in [-0.2, 0) is 9.47 Å². The zero-order valence-corrected chi connectivity index (χ0v) is 15.6. The standard InChI is InChI=1S/C17H34N6O3/c1-11-9-15(19-6-2-5-18)22-16(20-11)23-17(24)21-12-3-4-13-14(10-12)26-8-7-25-13/h11-16,19-20,22H,2-10,18H2,1H3,(H2,21,23,24). The number of hydrogen-bond donors (Lipinski definition) is 6. The van der Waals surface area contributed by atoms with E-state index in [0.717, 1.165) is 38.6 Å². The Balaban J connectivity index is 1.40. The number of carbonyl (C=O) groups excluding carboxylic acids is 1. The summed E-state index contributed by atoms with van der Waals surface area (Å²) in [4.78, 5) is 12.4. The van der Waals surface area contributed by atoms with E-state index in [1.807, 2.05) is 0 Å². The minimum Gasteiger partial charge on any atom is -0.373 e. The molecule has 9 heteroatoms. The van der Waals surface area contributed by atoms with E-state index >= 15 is 0 Å². The second kappa shape index (κ2) is 9.82. The Morgan fingerprint density at radius 2 is 1.92 bits per heavy atom. The third-order valence-corrected chi connectivity index (χ3v) is 5.27. The Hall–Kier alpha value is -0.970. The predicted molar refractivity (Wildman–Crippen MR) is 98.4 cm³/mol. The monoisotopic (exact) mass is 370 g/mol. The number of hydrogen-bond acceptors (Lipinski definition) is 7. The Morgan fingerprint density at radius 1 is 1.12 bits per heavy atom. The van der Waals surface area contributed by atoms with E-state index in [0.29, 0.717) is 25.8 Å². The molecule has 2 heterocycles. The lowest BCUT2D eigenvalue weighted by molar-refractivity contribution is -0.157. The summed E-state index contributed by atoms with van der Waals surface area (Å²) in [5.41, 5.74) is 5.54. The number of carbonyl (C=O) groups is 1. The molecule has 7 N–H and O–H groups in total. The maximum Gasteiger partial charge on any atom is 0.317 e. The van der Waals surface area contributed by atoms with Gasteiger partial charge in [0.25, 0.3) is 0 Å². The lowest BCUT2D eigenvalue weighted by Gasteiger charge is -2.40. The van der Waals surface area contributed by atoms with Crippen molar-refractivity contribution in [3.05, 3.63) is 0 Å². The average molecular weight is 370 g/mol. The topological polar surface area (TPSA) is 122 Å². The fraction of sp³-hybridized carbons (Fsp3) is 0.941. The molecule has 0 bridgehead atoms. The molecule has 2 aliphatic heterocycles. The molecule has 6 unspecified atom stereocenters. The Bertz CT molecular complexity index is 454. The van der Waals surface area contributed by atoms with Gasteiger partial charge in [-0.1, -0.05) is 0 Å². The van der Waals surface area contributed by atoms with Crippen LogP contribution in [0.2, 0.25) is 0 Å². The SMILES string of the molecule is CC1CC(NCCCN)NC(NC(=O)NC2CCC3OCCOC3C2)N1. The predicted octanol–water partition coefficient (Wildman–Crippen LogP) is -0.858. The van der Waals surface area contributed by atoms with E-state index in [1.165, 1.54) is 0 Å². The second-order valence-electron chi connectivity index (χ2n) is 7.50. The van der Waals surface area contributed by atoms with Gasteiger partial charge in [0.2, 0.25) is 0 Å². The Morgan fingerprint density at radius 3 is 2.73 bits per heavy atom. The molecule has 3 fully saturated rings. The highest BCUT2D eigenvalue weighted by molar-refractivity contribution is 5.74. The minimum atomic E-state index is -0.264. The van der Waals surface area contributed by atoms with E-state index in [2.05, 4.69) is 33.5 Å². The highest BCUT2D eigenvalue weighted by Gasteiger charge is 2.35. The van der Waals surface area contributed by atoms with Gasteiger partial charge in [-0.15, -0.1) is 0 Å². The van der Waals surface area contributed by atoms with Crippen molar-refractivity contribution in [2.24, 2.45) is 5.73 Å². The fourth-order valence-electron chi connectivity index (χ4n) is 3.98. The zero-order valence-electron chi connectivity index (χ0n) is 15.6. The molecular weight excluding hydrogens is 336 g/mol. The number of nitrogens with two attached hydrogens (primary N) is 1. The first-order chi connectivity index (χ1) is 12.6. The van der Waals surface area contributed by atoms with Crippen molar-refractivity contribution >= 4 is 6.03 Å². The maximum atomic E-state index is 12.4. The summed E-state index contributed by atoms with van der Waals surface area (Å²) in [5, 5.41) is 16.2. The van der Waals surface area contributed by atoms with Gasteiger partial charge in [0.05, 0.1) is 31.6 Å². The average Bonchev–Trinajstić information content (AvgIpc) is 2.61. The smallest absolute Gasteiger partial charge is 0.317 e. The van der Waals surface area contributed by atoms with E-state index in [1.54, 1.807) is 0 Å². The van der Waals surface area contributed by atoms with Gasteiger partial charge < -0.3 is 31.2 Å². The van der Waals surface area contributed by atoms with E-state index < -0.39 is 0 Å². The van der Waals surface area contributed by atoms with Gasteiger partial charge in [0.15, 0.2) is 0 Å². The van der Waals surface area contributed by atoms with Crippen LogP contribution in [0, 0.1) is 0 Å². The molecular formula is C17H34N6O3. The van der Waals surface area contributed by atoms with Crippen LogP contribution in [0.15, 0.2) is 0 Å². The van der Waals surface area contributed by atoms with Crippen molar-refractivity contribution in [2.75, 3.05) is 26.3 Å². The number of fused-ring (bicyclic) bond motifs is 1. The van der Waals surface area contributed by atoms with Crippen LogP contribution in [-0.4, -0.2) is 69.1 Å². The summed E-state index contributed by atoms with van der Waals surface area (Å²) in [6, 6.07) is 0.266. The third-order valence-electron chi connectivity index (χ3n) is 5.27. The molecule has 0 aromatic heterocycles. The Labute approximate surface area is 155 Å². The van der Waals surface area contributed by atoms with E-state index in [9.17, 15) is 4.79 Å². The largest absolute Gasteiger partial charge is 0.373 e. The second-order valence-corrected chi connectivity index (χ2v) is 7.50. The summed E-state index contributed by atoms with van der Waals surface area (Å²) in [6.07, 6.45) is 4.73. The summed E-state index contributed by atoms with van der Waals surface area (Å²) in [5.74, 6) is 0. The summed E-state index contributed by atoms with van der Waals surface area (Å²) < 4.78 is 11.5. The van der Waals surface area contributed by atoms with Gasteiger partial charge >= 0.3 is 6.03 Å². The fourth-order valence-corrected chi connectivity index (χ4v) is 3.98. The molecule has 6 atom stereocenters. The Kier molecular flexibility index (Phi) is 7.47. The van der Waals surface area contributed by atoms with E-state index in [-0.39, 0.29) is 36.7 Å². The van der Waals surface area contributed by atoms with Gasteiger partial charge in [0.1, 0.15) is 6.29 Å². The van der Waals surface area contributed by atoms with Crippen LogP contribution in [0.3, 0.4) is 0 Å². The molecule has 0 spiro atoms. The number of urea groups is 1. The molecule has 3 rings (SSSR count). The molecule has 9 nitrogen and oxygen atoms in total. The molecule has 2 saturated heterocycles. The van der Waals surface area contributed by atoms with Crippen molar-refractivity contribution in [2.45, 2.75) is 75.8 Å². The molecule has 0 aromatic rings. The number of amides is 2. The molecule has 2 amide bonds. The molecule has 1 aliphatic carbocycles. The van der Waals surface area contributed by atoms with Crippen molar-refractivity contribution in [3.8, 4) is 0 Å². The molecule has 0 radical (unpaired) electrons. The zero-order chi connectivity index (χ0) is 18.4. The molecule has 150 valence electrons. The quantitative estimate of drug-likeness (QED) is 0.337. The molecule has 26 heavy (non-hydrogen) atoms.